The molecule has 0 unspecified atom stereocenters. The van der Waals surface area contributed by atoms with Gasteiger partial charge < -0.3 is 20.3 Å². The molecule has 2 N–H and O–H groups in total. The van der Waals surface area contributed by atoms with E-state index in [0.29, 0.717) is 5.11 Å². The van der Waals surface area contributed by atoms with E-state index in [1.54, 1.807) is 0 Å². The predicted molar refractivity (Wildman–Crippen MR) is 132 cm³/mol. The first-order chi connectivity index (χ1) is 15.0. The van der Waals surface area contributed by atoms with Gasteiger partial charge in [0.05, 0.1) is 11.9 Å². The van der Waals surface area contributed by atoms with Crippen molar-refractivity contribution < 1.29 is 4.74 Å². The van der Waals surface area contributed by atoms with Gasteiger partial charge in [-0.25, -0.2) is 4.98 Å². The Kier molecular flexibility index (Phi) is 7.31. The summed E-state index contributed by atoms with van der Waals surface area (Å²) in [6.45, 7) is 6.75. The minimum Gasteiger partial charge on any atom is -0.381 e. The lowest BCUT2D eigenvalue weighted by Crippen LogP contribution is -2.45. The van der Waals surface area contributed by atoms with Gasteiger partial charge in [0.2, 0.25) is 0 Å². The number of piperidine rings is 1. The van der Waals surface area contributed by atoms with Gasteiger partial charge in [0.1, 0.15) is 5.82 Å². The summed E-state index contributed by atoms with van der Waals surface area (Å²) in [7, 11) is 0. The molecule has 2 saturated heterocycles. The second-order valence-corrected chi connectivity index (χ2v) is 9.63. The summed E-state index contributed by atoms with van der Waals surface area (Å²) in [5.41, 5.74) is 2.17. The molecule has 2 aromatic rings. The van der Waals surface area contributed by atoms with E-state index >= 15 is 0 Å². The van der Waals surface area contributed by atoms with Crippen LogP contribution in [-0.2, 0) is 10.2 Å². The number of pyridine rings is 1. The van der Waals surface area contributed by atoms with Crippen LogP contribution < -0.4 is 15.5 Å². The average Bonchev–Trinajstić information content (AvgIpc) is 2.80. The maximum Gasteiger partial charge on any atom is 0.170 e. The molecule has 0 atom stereocenters. The summed E-state index contributed by atoms with van der Waals surface area (Å²) in [5, 5.41) is 8.08. The fraction of sp³-hybridized carbons (Fsp3) is 0.500. The van der Waals surface area contributed by atoms with E-state index in [1.165, 1.54) is 18.4 Å². The lowest BCUT2D eigenvalue weighted by atomic mass is 9.74. The summed E-state index contributed by atoms with van der Waals surface area (Å²) in [6.07, 6.45) is 6.24. The predicted octanol–water partition coefficient (Wildman–Crippen LogP) is 5.01. The zero-order chi connectivity index (χ0) is 21.7. The molecule has 0 saturated carbocycles. The van der Waals surface area contributed by atoms with Crippen molar-refractivity contribution in [1.29, 1.82) is 0 Å². The van der Waals surface area contributed by atoms with Crippen LogP contribution in [0.2, 0.25) is 5.02 Å². The minimum absolute atomic E-state index is 0.0118. The van der Waals surface area contributed by atoms with E-state index in [0.717, 1.165) is 68.1 Å². The van der Waals surface area contributed by atoms with Crippen LogP contribution in [0, 0.1) is 5.92 Å². The molecule has 31 heavy (non-hydrogen) atoms. The number of hydrogen-bond donors (Lipinski definition) is 2. The molecular weight excluding hydrogens is 428 g/mol. The fourth-order valence-corrected chi connectivity index (χ4v) is 4.76. The highest BCUT2D eigenvalue weighted by Gasteiger charge is 2.34. The number of thiocarbonyl (C=S) groups is 1. The Morgan fingerprint density at radius 1 is 1.16 bits per heavy atom. The normalized spacial score (nSPS) is 19.1. The van der Waals surface area contributed by atoms with Crippen molar-refractivity contribution in [2.45, 2.75) is 38.0 Å². The minimum atomic E-state index is -0.0118. The number of nitrogens with one attached hydrogen (secondary N) is 2. The van der Waals surface area contributed by atoms with Crippen molar-refractivity contribution in [3.63, 3.8) is 0 Å². The van der Waals surface area contributed by atoms with Gasteiger partial charge in [0, 0.05) is 43.3 Å². The number of nitrogens with zero attached hydrogens (tertiary/aromatic N) is 2. The second kappa shape index (κ2) is 10.2. The fourth-order valence-electron chi connectivity index (χ4n) is 4.44. The van der Waals surface area contributed by atoms with Gasteiger partial charge in [0.25, 0.3) is 0 Å². The number of ether oxygens (including phenoxy) is 1. The Hall–Kier alpha value is -1.89. The molecule has 0 radical (unpaired) electrons. The van der Waals surface area contributed by atoms with E-state index in [9.17, 15) is 0 Å². The summed E-state index contributed by atoms with van der Waals surface area (Å²) in [5.74, 6) is 1.85. The third-order valence-electron chi connectivity index (χ3n) is 6.61. The van der Waals surface area contributed by atoms with Crippen molar-refractivity contribution >= 4 is 40.4 Å². The smallest absolute Gasteiger partial charge is 0.170 e. The molecule has 4 rings (SSSR count). The first-order valence-electron chi connectivity index (χ1n) is 11.1. The van der Waals surface area contributed by atoms with E-state index in [4.69, 9.17) is 28.6 Å². The number of halogens is 1. The van der Waals surface area contributed by atoms with Crippen molar-refractivity contribution in [2.24, 2.45) is 5.92 Å². The Morgan fingerprint density at radius 2 is 1.87 bits per heavy atom. The lowest BCUT2D eigenvalue weighted by Gasteiger charge is -2.38. The summed E-state index contributed by atoms with van der Waals surface area (Å²) >= 11 is 11.7. The van der Waals surface area contributed by atoms with Crippen molar-refractivity contribution in [3.8, 4) is 0 Å². The number of anilines is 2. The van der Waals surface area contributed by atoms with E-state index in [1.807, 2.05) is 18.3 Å². The molecule has 2 aliphatic heterocycles. The molecule has 0 bridgehead atoms. The summed E-state index contributed by atoms with van der Waals surface area (Å²) in [6, 6.07) is 12.3. The molecule has 0 spiro atoms. The molecule has 1 aromatic carbocycles. The van der Waals surface area contributed by atoms with Crippen LogP contribution in [0.3, 0.4) is 0 Å². The van der Waals surface area contributed by atoms with Crippen molar-refractivity contribution in [3.05, 3.63) is 53.2 Å². The summed E-state index contributed by atoms with van der Waals surface area (Å²) in [4.78, 5) is 7.01. The zero-order valence-electron chi connectivity index (χ0n) is 18.1. The van der Waals surface area contributed by atoms with Crippen LogP contribution >= 0.6 is 23.8 Å². The molecule has 2 fully saturated rings. The van der Waals surface area contributed by atoms with Gasteiger partial charge in [-0.05, 0) is 73.6 Å². The van der Waals surface area contributed by atoms with Gasteiger partial charge in [-0.1, -0.05) is 30.7 Å². The van der Waals surface area contributed by atoms with Crippen LogP contribution in [0.4, 0.5) is 11.5 Å². The first kappa shape index (κ1) is 22.3. The van der Waals surface area contributed by atoms with Gasteiger partial charge in [-0.3, -0.25) is 0 Å². The molecule has 7 heteroatoms. The van der Waals surface area contributed by atoms with Gasteiger partial charge in [-0.15, -0.1) is 0 Å². The van der Waals surface area contributed by atoms with Crippen LogP contribution in [0.5, 0.6) is 0 Å². The maximum absolute atomic E-state index is 6.10. The van der Waals surface area contributed by atoms with E-state index < -0.39 is 0 Å². The summed E-state index contributed by atoms with van der Waals surface area (Å²) < 4.78 is 5.62. The zero-order valence-corrected chi connectivity index (χ0v) is 19.6. The number of benzene rings is 1. The molecule has 3 heterocycles. The Labute approximate surface area is 195 Å². The standard InChI is InChI=1S/C24H31ClN4OS/c1-18-8-12-29(13-9-18)22-7-6-21(16-26-22)28-23(31)27-17-24(10-14-30-15-11-24)19-2-4-20(25)5-3-19/h2-7,16,18H,8-15,17H2,1H3,(H2,27,28,31). The quantitative estimate of drug-likeness (QED) is 0.614. The van der Waals surface area contributed by atoms with E-state index in [-0.39, 0.29) is 5.41 Å². The van der Waals surface area contributed by atoms with Gasteiger partial charge in [0.15, 0.2) is 5.11 Å². The highest BCUT2D eigenvalue weighted by molar-refractivity contribution is 7.80. The topological polar surface area (TPSA) is 49.4 Å². The number of hydrogen-bond acceptors (Lipinski definition) is 4. The third kappa shape index (κ3) is 5.68. The van der Waals surface area contributed by atoms with Crippen LogP contribution in [0.25, 0.3) is 0 Å². The van der Waals surface area contributed by atoms with E-state index in [2.05, 4.69) is 51.7 Å². The van der Waals surface area contributed by atoms with Crippen LogP contribution in [0.1, 0.15) is 38.2 Å². The third-order valence-corrected chi connectivity index (χ3v) is 7.11. The van der Waals surface area contributed by atoms with Crippen molar-refractivity contribution in [1.82, 2.24) is 10.3 Å². The Balaban J connectivity index is 1.34. The maximum atomic E-state index is 6.10. The highest BCUT2D eigenvalue weighted by Crippen LogP contribution is 2.35. The molecule has 2 aliphatic rings. The van der Waals surface area contributed by atoms with Crippen molar-refractivity contribution in [2.75, 3.05) is 43.1 Å². The van der Waals surface area contributed by atoms with Crippen LogP contribution in [-0.4, -0.2) is 42.9 Å². The number of aromatic nitrogens is 1. The number of rotatable bonds is 5. The molecule has 0 amide bonds. The van der Waals surface area contributed by atoms with Crippen LogP contribution in [0.15, 0.2) is 42.6 Å². The second-order valence-electron chi connectivity index (χ2n) is 8.78. The first-order valence-corrected chi connectivity index (χ1v) is 11.9. The molecule has 1 aromatic heterocycles. The molecule has 0 aliphatic carbocycles. The molecular formula is C24H31ClN4OS. The monoisotopic (exact) mass is 458 g/mol. The molecule has 166 valence electrons. The Morgan fingerprint density at radius 3 is 2.52 bits per heavy atom. The Bertz CT molecular complexity index is 860. The largest absolute Gasteiger partial charge is 0.381 e. The lowest BCUT2D eigenvalue weighted by molar-refractivity contribution is 0.0515. The van der Waals surface area contributed by atoms with Gasteiger partial charge >= 0.3 is 0 Å². The van der Waals surface area contributed by atoms with Gasteiger partial charge in [-0.2, -0.15) is 0 Å². The average molecular weight is 459 g/mol. The highest BCUT2D eigenvalue weighted by atomic mass is 35.5. The molecule has 5 nitrogen and oxygen atoms in total. The SMILES string of the molecule is CC1CCN(c2ccc(NC(=S)NCC3(c4ccc(Cl)cc4)CCOCC3)cn2)CC1.